The van der Waals surface area contributed by atoms with E-state index in [0.29, 0.717) is 11.6 Å². The molecule has 1 aliphatic heterocycles. The third-order valence-corrected chi connectivity index (χ3v) is 5.89. The van der Waals surface area contributed by atoms with Crippen molar-refractivity contribution in [2.45, 2.75) is 50.6 Å². The molecule has 1 saturated carbocycles. The lowest BCUT2D eigenvalue weighted by atomic mass is 9.93. The first-order valence-corrected chi connectivity index (χ1v) is 9.71. The van der Waals surface area contributed by atoms with Crippen LogP contribution in [0.25, 0.3) is 0 Å². The lowest BCUT2D eigenvalue weighted by Gasteiger charge is -2.46. The molecule has 2 rings (SSSR count). The largest absolute Gasteiger partial charge is 0.312 e. The van der Waals surface area contributed by atoms with Crippen LogP contribution >= 0.6 is 11.8 Å². The van der Waals surface area contributed by atoms with Crippen LogP contribution in [0.2, 0.25) is 0 Å². The molecule has 0 aromatic heterocycles. The number of rotatable bonds is 7. The maximum atomic E-state index is 3.84. The predicted octanol–water partition coefficient (Wildman–Crippen LogP) is 2.28. The second kappa shape index (κ2) is 8.02. The van der Waals surface area contributed by atoms with Gasteiger partial charge < -0.3 is 10.2 Å². The summed E-state index contributed by atoms with van der Waals surface area (Å²) in [6, 6.07) is 0.660. The topological polar surface area (TPSA) is 18.5 Å². The molecular weight excluding hydrogens is 266 g/mol. The molecule has 1 saturated heterocycles. The molecule has 0 aromatic carbocycles. The van der Waals surface area contributed by atoms with Crippen LogP contribution in [0.3, 0.4) is 0 Å². The van der Waals surface area contributed by atoms with Crippen LogP contribution < -0.4 is 5.32 Å². The van der Waals surface area contributed by atoms with E-state index in [9.17, 15) is 0 Å². The second-order valence-corrected chi connectivity index (χ2v) is 7.77. The van der Waals surface area contributed by atoms with Gasteiger partial charge in [0.2, 0.25) is 0 Å². The molecule has 1 atom stereocenters. The van der Waals surface area contributed by atoms with Crippen molar-refractivity contribution in [1.82, 2.24) is 15.1 Å². The van der Waals surface area contributed by atoms with Gasteiger partial charge in [0.05, 0.1) is 0 Å². The monoisotopic (exact) mass is 299 g/mol. The summed E-state index contributed by atoms with van der Waals surface area (Å²) in [5.74, 6) is 1.27. The molecule has 4 heteroatoms. The number of thioether (sulfide) groups is 1. The lowest BCUT2D eigenvalue weighted by molar-refractivity contribution is 0.0412. The van der Waals surface area contributed by atoms with Crippen molar-refractivity contribution in [3.8, 4) is 0 Å². The van der Waals surface area contributed by atoms with Crippen molar-refractivity contribution in [3.05, 3.63) is 0 Å². The van der Waals surface area contributed by atoms with Gasteiger partial charge in [-0.05, 0) is 45.2 Å². The SMILES string of the molecule is CSCC[C@H](C)NCC1(N2CCN(C)CC2)CCCC1. The van der Waals surface area contributed by atoms with Crippen molar-refractivity contribution in [2.24, 2.45) is 0 Å². The molecule has 0 amide bonds. The summed E-state index contributed by atoms with van der Waals surface area (Å²) in [7, 11) is 2.25. The first-order chi connectivity index (χ1) is 9.66. The molecule has 1 aliphatic carbocycles. The van der Waals surface area contributed by atoms with Gasteiger partial charge in [-0.15, -0.1) is 0 Å². The highest BCUT2D eigenvalue weighted by Crippen LogP contribution is 2.35. The van der Waals surface area contributed by atoms with Gasteiger partial charge in [-0.3, -0.25) is 4.90 Å². The number of piperazine rings is 1. The molecular formula is C16H33N3S. The van der Waals surface area contributed by atoms with Crippen molar-refractivity contribution in [2.75, 3.05) is 51.8 Å². The van der Waals surface area contributed by atoms with Crippen molar-refractivity contribution >= 4 is 11.8 Å². The zero-order valence-electron chi connectivity index (χ0n) is 13.7. The highest BCUT2D eigenvalue weighted by atomic mass is 32.2. The van der Waals surface area contributed by atoms with Gasteiger partial charge in [-0.1, -0.05) is 12.8 Å². The van der Waals surface area contributed by atoms with Gasteiger partial charge >= 0.3 is 0 Å². The number of nitrogens with zero attached hydrogens (tertiary/aromatic N) is 2. The molecule has 0 unspecified atom stereocenters. The first-order valence-electron chi connectivity index (χ1n) is 8.32. The number of nitrogens with one attached hydrogen (secondary N) is 1. The Bertz CT molecular complexity index is 271. The Labute approximate surface area is 129 Å². The van der Waals surface area contributed by atoms with Gasteiger partial charge in [-0.2, -0.15) is 11.8 Å². The lowest BCUT2D eigenvalue weighted by Crippen LogP contribution is -2.59. The third-order valence-electron chi connectivity index (χ3n) is 5.24. The molecule has 20 heavy (non-hydrogen) atoms. The summed E-state index contributed by atoms with van der Waals surface area (Å²) >= 11 is 1.96. The summed E-state index contributed by atoms with van der Waals surface area (Å²) in [6.45, 7) is 8.55. The predicted molar refractivity (Wildman–Crippen MR) is 90.7 cm³/mol. The minimum absolute atomic E-state index is 0.467. The number of hydrogen-bond donors (Lipinski definition) is 1. The Morgan fingerprint density at radius 1 is 1.15 bits per heavy atom. The Morgan fingerprint density at radius 2 is 1.80 bits per heavy atom. The fraction of sp³-hybridized carbons (Fsp3) is 1.00. The number of likely N-dealkylation sites (N-methyl/N-ethyl adjacent to an activating group) is 1. The quantitative estimate of drug-likeness (QED) is 0.777. The van der Waals surface area contributed by atoms with E-state index in [4.69, 9.17) is 0 Å². The second-order valence-electron chi connectivity index (χ2n) is 6.79. The molecule has 0 spiro atoms. The summed E-state index contributed by atoms with van der Waals surface area (Å²) in [4.78, 5) is 5.27. The van der Waals surface area contributed by atoms with Gasteiger partial charge in [0.25, 0.3) is 0 Å². The van der Waals surface area contributed by atoms with E-state index >= 15 is 0 Å². The molecule has 0 bridgehead atoms. The van der Waals surface area contributed by atoms with E-state index in [1.54, 1.807) is 0 Å². The van der Waals surface area contributed by atoms with Crippen molar-refractivity contribution in [3.63, 3.8) is 0 Å². The number of hydrogen-bond acceptors (Lipinski definition) is 4. The van der Waals surface area contributed by atoms with Crippen LogP contribution in [-0.2, 0) is 0 Å². The van der Waals surface area contributed by atoms with Crippen LogP contribution in [-0.4, -0.2) is 73.2 Å². The Balaban J connectivity index is 1.85. The summed E-state index contributed by atoms with van der Waals surface area (Å²) in [5, 5.41) is 3.84. The smallest absolute Gasteiger partial charge is 0.0335 e. The van der Waals surface area contributed by atoms with Gasteiger partial charge in [-0.25, -0.2) is 0 Å². The maximum Gasteiger partial charge on any atom is 0.0335 e. The molecule has 118 valence electrons. The van der Waals surface area contributed by atoms with Crippen LogP contribution in [0.4, 0.5) is 0 Å². The standard InChI is InChI=1S/C16H33N3S/c1-15(6-13-20-3)17-14-16(7-4-5-8-16)19-11-9-18(2)10-12-19/h15,17H,4-14H2,1-3H3/t15-/m0/s1. The Kier molecular flexibility index (Phi) is 6.66. The van der Waals surface area contributed by atoms with Crippen molar-refractivity contribution in [1.29, 1.82) is 0 Å². The molecule has 3 nitrogen and oxygen atoms in total. The van der Waals surface area contributed by atoms with Crippen LogP contribution in [0.1, 0.15) is 39.0 Å². The van der Waals surface area contributed by atoms with Crippen LogP contribution in [0.5, 0.6) is 0 Å². The minimum Gasteiger partial charge on any atom is -0.312 e. The van der Waals surface area contributed by atoms with Crippen LogP contribution in [0, 0.1) is 0 Å². The van der Waals surface area contributed by atoms with Gasteiger partial charge in [0.1, 0.15) is 0 Å². The molecule has 1 heterocycles. The zero-order valence-corrected chi connectivity index (χ0v) is 14.5. The Hall–Kier alpha value is 0.230. The highest BCUT2D eigenvalue weighted by molar-refractivity contribution is 7.98. The van der Waals surface area contributed by atoms with Gasteiger partial charge in [0.15, 0.2) is 0 Å². The van der Waals surface area contributed by atoms with E-state index in [0.717, 1.165) is 0 Å². The highest BCUT2D eigenvalue weighted by Gasteiger charge is 2.40. The van der Waals surface area contributed by atoms with E-state index in [1.165, 1.54) is 70.6 Å². The zero-order chi connectivity index (χ0) is 14.4. The fourth-order valence-corrected chi connectivity index (χ4v) is 4.27. The van der Waals surface area contributed by atoms with E-state index in [-0.39, 0.29) is 0 Å². The van der Waals surface area contributed by atoms with E-state index < -0.39 is 0 Å². The third kappa shape index (κ3) is 4.36. The normalized spacial score (nSPS) is 25.9. The van der Waals surface area contributed by atoms with Gasteiger partial charge in [0, 0.05) is 44.3 Å². The first kappa shape index (κ1) is 16.6. The fourth-order valence-electron chi connectivity index (χ4n) is 3.68. The minimum atomic E-state index is 0.467. The van der Waals surface area contributed by atoms with E-state index in [2.05, 4.69) is 35.3 Å². The molecule has 1 N–H and O–H groups in total. The summed E-state index contributed by atoms with van der Waals surface area (Å²) in [6.07, 6.45) is 9.15. The molecule has 0 radical (unpaired) electrons. The molecule has 2 aliphatic rings. The maximum absolute atomic E-state index is 3.84. The summed E-state index contributed by atoms with van der Waals surface area (Å²) < 4.78 is 0. The average Bonchev–Trinajstić information content (AvgIpc) is 2.93. The van der Waals surface area contributed by atoms with Crippen LogP contribution in [0.15, 0.2) is 0 Å². The molecule has 0 aromatic rings. The Morgan fingerprint density at radius 3 is 2.40 bits per heavy atom. The summed E-state index contributed by atoms with van der Waals surface area (Å²) in [5.41, 5.74) is 0.467. The van der Waals surface area contributed by atoms with Crippen molar-refractivity contribution < 1.29 is 0 Å². The molecule has 2 fully saturated rings. The average molecular weight is 300 g/mol. The van der Waals surface area contributed by atoms with E-state index in [1.807, 2.05) is 11.8 Å².